The topological polar surface area (TPSA) is 108 Å². The van der Waals surface area contributed by atoms with Crippen LogP contribution in [0, 0.1) is 0 Å². The monoisotopic (exact) mass is 837 g/mol. The fraction of sp³-hybridized carbons (Fsp3) is 0.750. The summed E-state index contributed by atoms with van der Waals surface area (Å²) in [5.41, 5.74) is 0. The first kappa shape index (κ1) is 55.7. The molecular formula is C48H87NO8P+. The molecule has 9 nitrogen and oxygen atoms in total. The molecular weight excluding hydrogens is 750 g/mol. The second-order valence-electron chi connectivity index (χ2n) is 16.4. The van der Waals surface area contributed by atoms with Gasteiger partial charge in [-0.25, -0.2) is 4.57 Å². The van der Waals surface area contributed by atoms with E-state index in [0.29, 0.717) is 17.4 Å². The lowest BCUT2D eigenvalue weighted by atomic mass is 10.1. The van der Waals surface area contributed by atoms with Crippen LogP contribution in [-0.4, -0.2) is 74.9 Å². The van der Waals surface area contributed by atoms with E-state index >= 15 is 0 Å². The number of allylic oxidation sites excluding steroid dienone is 10. The van der Waals surface area contributed by atoms with Crippen LogP contribution in [0.1, 0.15) is 181 Å². The predicted molar refractivity (Wildman–Crippen MR) is 243 cm³/mol. The summed E-state index contributed by atoms with van der Waals surface area (Å²) in [4.78, 5) is 35.4. The zero-order valence-corrected chi connectivity index (χ0v) is 38.7. The number of carbonyl (C=O) groups is 2. The Labute approximate surface area is 356 Å². The van der Waals surface area contributed by atoms with Gasteiger partial charge in [0.05, 0.1) is 27.7 Å². The smallest absolute Gasteiger partial charge is 0.462 e. The van der Waals surface area contributed by atoms with Gasteiger partial charge in [-0.05, 0) is 77.0 Å². The van der Waals surface area contributed by atoms with Crippen LogP contribution >= 0.6 is 7.82 Å². The van der Waals surface area contributed by atoms with Crippen molar-refractivity contribution in [3.8, 4) is 0 Å². The molecule has 0 saturated heterocycles. The molecule has 0 rings (SSSR count). The van der Waals surface area contributed by atoms with E-state index in [0.717, 1.165) is 77.0 Å². The Morgan fingerprint density at radius 1 is 0.534 bits per heavy atom. The van der Waals surface area contributed by atoms with Crippen LogP contribution in [0.5, 0.6) is 0 Å². The van der Waals surface area contributed by atoms with E-state index in [2.05, 4.69) is 74.6 Å². The van der Waals surface area contributed by atoms with Gasteiger partial charge in [0.25, 0.3) is 0 Å². The summed E-state index contributed by atoms with van der Waals surface area (Å²) in [5, 5.41) is 0. The van der Waals surface area contributed by atoms with Crippen LogP contribution in [-0.2, 0) is 32.7 Å². The molecule has 0 amide bonds. The standard InChI is InChI=1S/C48H86NO8P/c1-6-8-10-12-14-16-18-20-22-24-26-28-30-32-34-36-38-40-47(50)54-44-46(45-56-58(52,53)55-43-42-49(3,4)5)57-48(51)41-39-37-35-33-31-29-27-25-23-21-19-17-15-13-11-9-7-2/h11,13,17,19-20,22-23,25,29,31,46H,6-10,12,14-16,18,21,24,26-28,30,32-45H2,1-5H3/p+1/b13-11+,19-17+,22-20+,25-23+,31-29+/t46-/m1/s1. The molecule has 0 aliphatic rings. The Morgan fingerprint density at radius 2 is 0.966 bits per heavy atom. The first-order valence-corrected chi connectivity index (χ1v) is 24.5. The summed E-state index contributed by atoms with van der Waals surface area (Å²) in [6.07, 6.45) is 48.4. The van der Waals surface area contributed by atoms with Gasteiger partial charge in [0.15, 0.2) is 6.10 Å². The van der Waals surface area contributed by atoms with Crippen molar-refractivity contribution in [1.82, 2.24) is 0 Å². The Hall–Kier alpha value is -2.29. The van der Waals surface area contributed by atoms with Crippen LogP contribution in [0.15, 0.2) is 60.8 Å². The fourth-order valence-corrected chi connectivity index (χ4v) is 6.62. The molecule has 0 aliphatic carbocycles. The first-order valence-electron chi connectivity index (χ1n) is 23.0. The van der Waals surface area contributed by atoms with Crippen molar-refractivity contribution < 1.29 is 42.1 Å². The summed E-state index contributed by atoms with van der Waals surface area (Å²) < 4.78 is 34.3. The minimum atomic E-state index is -4.39. The van der Waals surface area contributed by atoms with E-state index in [1.165, 1.54) is 70.6 Å². The van der Waals surface area contributed by atoms with Crippen molar-refractivity contribution in [2.45, 2.75) is 187 Å². The summed E-state index contributed by atoms with van der Waals surface area (Å²) in [7, 11) is 1.44. The Bertz CT molecular complexity index is 1170. The molecule has 0 fully saturated rings. The zero-order valence-electron chi connectivity index (χ0n) is 37.8. The van der Waals surface area contributed by atoms with Crippen LogP contribution in [0.2, 0.25) is 0 Å². The first-order chi connectivity index (χ1) is 28.0. The number of carbonyl (C=O) groups excluding carboxylic acids is 2. The SMILES string of the molecule is CCC/C=C/C/C=C/C/C=C/C/C=C/CCCCCC(=O)O[C@H](COC(=O)CCCCCCCCC/C=C/CCCCCCCC)COP(=O)(O)OCC[N+](C)(C)C. The molecule has 0 aromatic rings. The number of hydrogen-bond acceptors (Lipinski definition) is 7. The Morgan fingerprint density at radius 3 is 1.48 bits per heavy atom. The van der Waals surface area contributed by atoms with Gasteiger partial charge in [-0.3, -0.25) is 18.6 Å². The number of phosphoric ester groups is 1. The summed E-state index contributed by atoms with van der Waals surface area (Å²) in [5.74, 6) is -0.842. The highest BCUT2D eigenvalue weighted by Gasteiger charge is 2.27. The van der Waals surface area contributed by atoms with Crippen LogP contribution in [0.4, 0.5) is 0 Å². The second-order valence-corrected chi connectivity index (χ2v) is 17.9. The normalized spacial score (nSPS) is 14.1. The van der Waals surface area contributed by atoms with Crippen molar-refractivity contribution >= 4 is 19.8 Å². The van der Waals surface area contributed by atoms with Gasteiger partial charge in [-0.2, -0.15) is 0 Å². The highest BCUT2D eigenvalue weighted by Crippen LogP contribution is 2.43. The molecule has 336 valence electrons. The zero-order chi connectivity index (χ0) is 42.8. The molecule has 0 aromatic carbocycles. The molecule has 10 heteroatoms. The number of esters is 2. The molecule has 1 N–H and O–H groups in total. The Kier molecular flexibility index (Phi) is 38.5. The van der Waals surface area contributed by atoms with Gasteiger partial charge in [-0.1, -0.05) is 152 Å². The molecule has 0 bridgehead atoms. The molecule has 0 spiro atoms. The average Bonchev–Trinajstić information content (AvgIpc) is 3.17. The van der Waals surface area contributed by atoms with E-state index < -0.39 is 26.5 Å². The van der Waals surface area contributed by atoms with Crippen molar-refractivity contribution in [3.63, 3.8) is 0 Å². The van der Waals surface area contributed by atoms with Gasteiger partial charge in [0, 0.05) is 12.8 Å². The van der Waals surface area contributed by atoms with E-state index in [1.807, 2.05) is 21.1 Å². The third kappa shape index (κ3) is 43.3. The van der Waals surface area contributed by atoms with E-state index in [9.17, 15) is 19.0 Å². The lowest BCUT2D eigenvalue weighted by molar-refractivity contribution is -0.870. The summed E-state index contributed by atoms with van der Waals surface area (Å²) >= 11 is 0. The number of hydrogen-bond donors (Lipinski definition) is 1. The molecule has 0 heterocycles. The number of unbranched alkanes of at least 4 members (excludes halogenated alkanes) is 17. The third-order valence-electron chi connectivity index (χ3n) is 9.50. The lowest BCUT2D eigenvalue weighted by Crippen LogP contribution is -2.37. The fourth-order valence-electron chi connectivity index (χ4n) is 5.88. The van der Waals surface area contributed by atoms with Crippen molar-refractivity contribution in [2.75, 3.05) is 47.5 Å². The summed E-state index contributed by atoms with van der Waals surface area (Å²) in [6.45, 7) is 4.30. The number of phosphoric acid groups is 1. The van der Waals surface area contributed by atoms with Crippen molar-refractivity contribution in [1.29, 1.82) is 0 Å². The number of likely N-dealkylation sites (N-methyl/N-ethyl adjacent to an activating group) is 1. The van der Waals surface area contributed by atoms with Crippen molar-refractivity contribution in [2.24, 2.45) is 0 Å². The van der Waals surface area contributed by atoms with E-state index in [1.54, 1.807) is 0 Å². The van der Waals surface area contributed by atoms with Gasteiger partial charge in [-0.15, -0.1) is 0 Å². The molecule has 0 saturated carbocycles. The number of nitrogens with zero attached hydrogens (tertiary/aromatic N) is 1. The van der Waals surface area contributed by atoms with Crippen LogP contribution in [0.3, 0.4) is 0 Å². The summed E-state index contributed by atoms with van der Waals surface area (Å²) in [6, 6.07) is 0. The molecule has 58 heavy (non-hydrogen) atoms. The molecule has 2 atom stereocenters. The quantitative estimate of drug-likeness (QED) is 0.0213. The minimum absolute atomic E-state index is 0.0222. The minimum Gasteiger partial charge on any atom is -0.462 e. The number of ether oxygens (including phenoxy) is 2. The molecule has 0 aliphatic heterocycles. The molecule has 0 aromatic heterocycles. The van der Waals surface area contributed by atoms with Gasteiger partial charge in [0.2, 0.25) is 0 Å². The van der Waals surface area contributed by atoms with E-state index in [4.69, 9.17) is 18.5 Å². The maximum absolute atomic E-state index is 12.7. The van der Waals surface area contributed by atoms with Gasteiger partial charge in [0.1, 0.15) is 19.8 Å². The number of rotatable bonds is 41. The van der Waals surface area contributed by atoms with E-state index in [-0.39, 0.29) is 32.0 Å². The second kappa shape index (κ2) is 40.1. The number of quaternary nitrogens is 1. The third-order valence-corrected chi connectivity index (χ3v) is 10.5. The lowest BCUT2D eigenvalue weighted by Gasteiger charge is -2.24. The average molecular weight is 837 g/mol. The molecule has 0 radical (unpaired) electrons. The predicted octanol–water partition coefficient (Wildman–Crippen LogP) is 13.2. The highest BCUT2D eigenvalue weighted by atomic mass is 31.2. The maximum atomic E-state index is 12.7. The Balaban J connectivity index is 4.40. The van der Waals surface area contributed by atoms with Crippen molar-refractivity contribution in [3.05, 3.63) is 60.8 Å². The maximum Gasteiger partial charge on any atom is 0.472 e. The van der Waals surface area contributed by atoms with Gasteiger partial charge < -0.3 is 18.9 Å². The van der Waals surface area contributed by atoms with Crippen LogP contribution < -0.4 is 0 Å². The highest BCUT2D eigenvalue weighted by molar-refractivity contribution is 7.47. The molecule has 1 unspecified atom stereocenters. The van der Waals surface area contributed by atoms with Crippen LogP contribution in [0.25, 0.3) is 0 Å². The van der Waals surface area contributed by atoms with Gasteiger partial charge >= 0.3 is 19.8 Å². The largest absolute Gasteiger partial charge is 0.472 e.